The zero-order valence-corrected chi connectivity index (χ0v) is 19.1. The first-order chi connectivity index (χ1) is 16.9. The number of para-hydroxylation sites is 1. The molecule has 35 heavy (non-hydrogen) atoms. The average molecular weight is 463 g/mol. The van der Waals surface area contributed by atoms with Crippen LogP contribution >= 0.6 is 0 Å². The van der Waals surface area contributed by atoms with E-state index in [1.165, 1.54) is 12.1 Å². The van der Waals surface area contributed by atoms with Gasteiger partial charge in [0.15, 0.2) is 0 Å². The first-order valence-corrected chi connectivity index (χ1v) is 11.2. The summed E-state index contributed by atoms with van der Waals surface area (Å²) in [6, 6.07) is 27.4. The molecule has 7 heteroatoms. The van der Waals surface area contributed by atoms with E-state index in [2.05, 4.69) is 0 Å². The monoisotopic (exact) mass is 463 g/mol. The lowest BCUT2D eigenvalue weighted by molar-refractivity contribution is -0.384. The molecule has 4 aromatic rings. The number of anilines is 2. The Kier molecular flexibility index (Phi) is 4.44. The number of nitro groups is 1. The van der Waals surface area contributed by atoms with Crippen molar-refractivity contribution in [3.05, 3.63) is 123 Å². The van der Waals surface area contributed by atoms with Crippen molar-refractivity contribution in [2.24, 2.45) is 0 Å². The van der Waals surface area contributed by atoms with E-state index >= 15 is 0 Å². The van der Waals surface area contributed by atoms with E-state index in [-0.39, 0.29) is 11.6 Å². The molecule has 0 radical (unpaired) electrons. The predicted molar refractivity (Wildman–Crippen MR) is 134 cm³/mol. The highest BCUT2D eigenvalue weighted by molar-refractivity contribution is 6.14. The van der Waals surface area contributed by atoms with E-state index in [1.54, 1.807) is 17.0 Å². The minimum atomic E-state index is -1.03. The number of ether oxygens (including phenoxy) is 1. The molecule has 1 unspecified atom stereocenters. The van der Waals surface area contributed by atoms with Crippen LogP contribution in [-0.2, 0) is 5.54 Å². The van der Waals surface area contributed by atoms with Crippen LogP contribution in [0.1, 0.15) is 27.0 Å². The maximum atomic E-state index is 14.1. The predicted octanol–water partition coefficient (Wildman–Crippen LogP) is 5.72. The normalized spacial score (nSPS) is 17.4. The van der Waals surface area contributed by atoms with E-state index in [4.69, 9.17) is 4.74 Å². The SMILES string of the molecule is CN(C)c1cccc2c1C1(c3ccccc3O2)c2ccccc2C(=O)N1c1ccc([N+](=O)[O-])cc1. The third kappa shape index (κ3) is 2.75. The van der Waals surface area contributed by atoms with Crippen LogP contribution in [0.2, 0.25) is 0 Å². The maximum Gasteiger partial charge on any atom is 0.269 e. The Labute approximate surface area is 201 Å². The van der Waals surface area contributed by atoms with Crippen LogP contribution in [-0.4, -0.2) is 24.9 Å². The van der Waals surface area contributed by atoms with Gasteiger partial charge in [0.2, 0.25) is 0 Å². The van der Waals surface area contributed by atoms with Crippen molar-refractivity contribution in [1.29, 1.82) is 0 Å². The summed E-state index contributed by atoms with van der Waals surface area (Å²) in [6.45, 7) is 0. The van der Waals surface area contributed by atoms with Gasteiger partial charge in [-0.1, -0.05) is 42.5 Å². The zero-order chi connectivity index (χ0) is 24.3. The summed E-state index contributed by atoms with van der Waals surface area (Å²) in [4.78, 5) is 28.8. The highest BCUT2D eigenvalue weighted by atomic mass is 16.6. The molecule has 1 spiro atoms. The molecule has 0 aliphatic carbocycles. The molecule has 1 atom stereocenters. The number of non-ortho nitro benzene ring substituents is 1. The van der Waals surface area contributed by atoms with Crippen LogP contribution in [0.25, 0.3) is 0 Å². The molecule has 0 N–H and O–H groups in total. The summed E-state index contributed by atoms with van der Waals surface area (Å²) in [5.74, 6) is 1.14. The van der Waals surface area contributed by atoms with Crippen LogP contribution in [0.4, 0.5) is 17.1 Å². The molecule has 2 aliphatic heterocycles. The topological polar surface area (TPSA) is 75.9 Å². The fourth-order valence-electron chi connectivity index (χ4n) is 5.37. The number of hydrogen-bond donors (Lipinski definition) is 0. The van der Waals surface area contributed by atoms with Crippen molar-refractivity contribution in [3.63, 3.8) is 0 Å². The van der Waals surface area contributed by atoms with Crippen LogP contribution in [0.15, 0.2) is 91.0 Å². The molecule has 0 fully saturated rings. The van der Waals surface area contributed by atoms with Gasteiger partial charge in [0, 0.05) is 54.3 Å². The molecule has 7 nitrogen and oxygen atoms in total. The third-order valence-electron chi connectivity index (χ3n) is 6.75. The first kappa shape index (κ1) is 20.9. The second-order valence-electron chi connectivity index (χ2n) is 8.81. The number of nitro benzene ring substituents is 1. The summed E-state index contributed by atoms with van der Waals surface area (Å²) >= 11 is 0. The van der Waals surface area contributed by atoms with Gasteiger partial charge in [-0.25, -0.2) is 0 Å². The second kappa shape index (κ2) is 7.43. The molecule has 172 valence electrons. The lowest BCUT2D eigenvalue weighted by atomic mass is 9.73. The van der Waals surface area contributed by atoms with Gasteiger partial charge in [-0.2, -0.15) is 0 Å². The lowest BCUT2D eigenvalue weighted by Crippen LogP contribution is -2.48. The van der Waals surface area contributed by atoms with Crippen LogP contribution in [0.5, 0.6) is 11.5 Å². The number of hydrogen-bond acceptors (Lipinski definition) is 5. The molecule has 4 aromatic carbocycles. The van der Waals surface area contributed by atoms with Gasteiger partial charge in [-0.05, 0) is 36.4 Å². The van der Waals surface area contributed by atoms with E-state index in [0.29, 0.717) is 22.7 Å². The largest absolute Gasteiger partial charge is 0.456 e. The Morgan fingerprint density at radius 1 is 0.829 bits per heavy atom. The Hall–Kier alpha value is -4.65. The van der Waals surface area contributed by atoms with Crippen molar-refractivity contribution in [2.75, 3.05) is 23.9 Å². The molecule has 2 heterocycles. The molecule has 0 saturated carbocycles. The van der Waals surface area contributed by atoms with E-state index < -0.39 is 10.5 Å². The quantitative estimate of drug-likeness (QED) is 0.287. The number of carbonyl (C=O) groups is 1. The Morgan fingerprint density at radius 3 is 2.20 bits per heavy atom. The molecular weight excluding hydrogens is 442 g/mol. The third-order valence-corrected chi connectivity index (χ3v) is 6.75. The molecule has 2 aliphatic rings. The van der Waals surface area contributed by atoms with Gasteiger partial charge >= 0.3 is 0 Å². The molecule has 6 rings (SSSR count). The highest BCUT2D eigenvalue weighted by Gasteiger charge is 2.58. The van der Waals surface area contributed by atoms with Crippen LogP contribution in [0.3, 0.4) is 0 Å². The van der Waals surface area contributed by atoms with Crippen molar-refractivity contribution in [3.8, 4) is 11.5 Å². The van der Waals surface area contributed by atoms with E-state index in [9.17, 15) is 14.9 Å². The van der Waals surface area contributed by atoms with Crippen molar-refractivity contribution in [1.82, 2.24) is 0 Å². The second-order valence-corrected chi connectivity index (χ2v) is 8.81. The Balaban J connectivity index is 1.77. The molecular formula is C28H21N3O4. The lowest BCUT2D eigenvalue weighted by Gasteiger charge is -2.45. The van der Waals surface area contributed by atoms with E-state index in [1.807, 2.05) is 85.7 Å². The summed E-state index contributed by atoms with van der Waals surface area (Å²) in [5.41, 5.74) is 3.51. The summed E-state index contributed by atoms with van der Waals surface area (Å²) in [5, 5.41) is 11.3. The van der Waals surface area contributed by atoms with Crippen LogP contribution in [0, 0.1) is 10.1 Å². The number of benzene rings is 4. The zero-order valence-electron chi connectivity index (χ0n) is 19.1. The minimum absolute atomic E-state index is 0.0336. The maximum absolute atomic E-state index is 14.1. The molecule has 0 bridgehead atoms. The number of carbonyl (C=O) groups excluding carboxylic acids is 1. The van der Waals surface area contributed by atoms with Gasteiger partial charge in [0.05, 0.1) is 10.5 Å². The van der Waals surface area contributed by atoms with E-state index in [0.717, 1.165) is 22.4 Å². The fourth-order valence-corrected chi connectivity index (χ4v) is 5.37. The number of fused-ring (bicyclic) bond motifs is 6. The van der Waals surface area contributed by atoms with Crippen molar-refractivity contribution in [2.45, 2.75) is 5.54 Å². The minimum Gasteiger partial charge on any atom is -0.456 e. The van der Waals surface area contributed by atoms with Gasteiger partial charge in [-0.15, -0.1) is 0 Å². The van der Waals surface area contributed by atoms with Gasteiger partial charge in [0.1, 0.15) is 17.0 Å². The van der Waals surface area contributed by atoms with Crippen LogP contribution < -0.4 is 14.5 Å². The molecule has 1 amide bonds. The number of rotatable bonds is 3. The van der Waals surface area contributed by atoms with Crippen molar-refractivity contribution < 1.29 is 14.5 Å². The Bertz CT molecular complexity index is 1510. The number of amides is 1. The first-order valence-electron chi connectivity index (χ1n) is 11.2. The summed E-state index contributed by atoms with van der Waals surface area (Å²) in [6.07, 6.45) is 0. The Morgan fingerprint density at radius 2 is 1.49 bits per heavy atom. The van der Waals surface area contributed by atoms with Gasteiger partial charge in [0.25, 0.3) is 11.6 Å². The fraction of sp³-hybridized carbons (Fsp3) is 0.107. The van der Waals surface area contributed by atoms with Gasteiger partial charge in [-0.3, -0.25) is 19.8 Å². The standard InChI is InChI=1S/C28H21N3O4/c1-29(2)23-11-7-13-25-26(23)28(22-10-5-6-12-24(22)35-25)21-9-4-3-8-20(21)27(32)30(28)18-14-16-19(17-15-18)31(33)34/h3-17H,1-2H3. The molecule has 0 aromatic heterocycles. The van der Waals surface area contributed by atoms with Gasteiger partial charge < -0.3 is 9.64 Å². The van der Waals surface area contributed by atoms with Crippen molar-refractivity contribution >= 4 is 23.0 Å². The summed E-state index contributed by atoms with van der Waals surface area (Å²) < 4.78 is 6.39. The molecule has 0 saturated heterocycles. The smallest absolute Gasteiger partial charge is 0.269 e. The highest BCUT2D eigenvalue weighted by Crippen LogP contribution is 2.60. The summed E-state index contributed by atoms with van der Waals surface area (Å²) in [7, 11) is 3.92. The number of nitrogens with zero attached hydrogens (tertiary/aromatic N) is 3. The average Bonchev–Trinajstić information content (AvgIpc) is 3.13.